The lowest BCUT2D eigenvalue weighted by molar-refractivity contribution is 0.398. The van der Waals surface area contributed by atoms with Crippen LogP contribution in [0.4, 0.5) is 0 Å². The minimum absolute atomic E-state index is 0.542. The minimum Gasteiger partial charge on any atom is -0.304 e. The summed E-state index contributed by atoms with van der Waals surface area (Å²) in [5.41, 5.74) is 6.25. The number of hydrogen-bond acceptors (Lipinski definition) is 3. The topological polar surface area (TPSA) is 48.5 Å². The Balaban J connectivity index is -0.000000112. The molecule has 0 N–H and O–H groups in total. The molecule has 1 rings (SSSR count). The van der Waals surface area contributed by atoms with E-state index in [1.54, 1.807) is 27.1 Å². The van der Waals surface area contributed by atoms with Crippen molar-refractivity contribution in [2.75, 3.05) is 7.05 Å². The van der Waals surface area contributed by atoms with Crippen molar-refractivity contribution in [2.24, 2.45) is 15.4 Å². The van der Waals surface area contributed by atoms with Crippen LogP contribution in [0.25, 0.3) is 5.57 Å². The molecule has 0 heterocycles. The third kappa shape index (κ3) is 31.5. The fraction of sp³-hybridized carbons (Fsp3) is 0.516. The zero-order chi connectivity index (χ0) is 28.3. The number of nitriles is 1. The highest BCUT2D eigenvalue weighted by Crippen LogP contribution is 2.16. The quantitative estimate of drug-likeness (QED) is 0.247. The molecule has 1 aromatic rings. The van der Waals surface area contributed by atoms with E-state index in [1.807, 2.05) is 41.5 Å². The number of benzene rings is 1. The molecular formula is C31H55N3. The molecule has 0 saturated carbocycles. The Morgan fingerprint density at radius 1 is 1.00 bits per heavy atom. The number of aliphatic imine (C=N–C) groups is 2. The molecule has 194 valence electrons. The molecule has 0 unspecified atom stereocenters. The van der Waals surface area contributed by atoms with Crippen molar-refractivity contribution >= 4 is 18.5 Å². The summed E-state index contributed by atoms with van der Waals surface area (Å²) >= 11 is 0. The van der Waals surface area contributed by atoms with Crippen molar-refractivity contribution in [1.29, 1.82) is 5.26 Å². The molecule has 0 spiro atoms. The van der Waals surface area contributed by atoms with Crippen molar-refractivity contribution in [3.05, 3.63) is 65.4 Å². The van der Waals surface area contributed by atoms with Crippen LogP contribution in [-0.4, -0.2) is 20.0 Å². The summed E-state index contributed by atoms with van der Waals surface area (Å²) in [6, 6.07) is 10.4. The van der Waals surface area contributed by atoms with Crippen LogP contribution in [-0.2, 0) is 0 Å². The molecule has 3 nitrogen and oxygen atoms in total. The van der Waals surface area contributed by atoms with E-state index in [1.165, 1.54) is 17.5 Å². The van der Waals surface area contributed by atoms with Crippen LogP contribution in [0.2, 0.25) is 0 Å². The van der Waals surface area contributed by atoms with Crippen molar-refractivity contribution in [3.8, 4) is 6.07 Å². The van der Waals surface area contributed by atoms with Gasteiger partial charge in [0.05, 0.1) is 11.3 Å². The highest BCUT2D eigenvalue weighted by Gasteiger charge is 2.03. The molecular weight excluding hydrogens is 414 g/mol. The van der Waals surface area contributed by atoms with Crippen LogP contribution >= 0.6 is 0 Å². The predicted octanol–water partition coefficient (Wildman–Crippen LogP) is 10.3. The molecule has 0 fully saturated rings. The van der Waals surface area contributed by atoms with E-state index < -0.39 is 0 Å². The summed E-state index contributed by atoms with van der Waals surface area (Å²) in [4.78, 5) is 7.24. The van der Waals surface area contributed by atoms with Gasteiger partial charge >= 0.3 is 0 Å². The van der Waals surface area contributed by atoms with Gasteiger partial charge in [-0.25, -0.2) is 0 Å². The Bertz CT molecular complexity index is 734. The second-order valence-corrected chi connectivity index (χ2v) is 8.12. The maximum absolute atomic E-state index is 8.65. The van der Waals surface area contributed by atoms with E-state index in [9.17, 15) is 0 Å². The lowest BCUT2D eigenvalue weighted by Gasteiger charge is -2.12. The third-order valence-corrected chi connectivity index (χ3v) is 3.83. The Morgan fingerprint density at radius 3 is 1.56 bits per heavy atom. The molecule has 3 heteroatoms. The number of hydrogen-bond donors (Lipinski definition) is 0. The van der Waals surface area contributed by atoms with Gasteiger partial charge in [0.1, 0.15) is 6.07 Å². The summed E-state index contributed by atoms with van der Waals surface area (Å²) in [6.45, 7) is 37.1. The van der Waals surface area contributed by atoms with Crippen molar-refractivity contribution in [2.45, 2.75) is 96.4 Å². The van der Waals surface area contributed by atoms with Crippen molar-refractivity contribution in [1.82, 2.24) is 0 Å². The molecule has 0 aliphatic rings. The van der Waals surface area contributed by atoms with Crippen LogP contribution in [0, 0.1) is 23.7 Å². The van der Waals surface area contributed by atoms with Gasteiger partial charge in [0, 0.05) is 13.3 Å². The molecule has 34 heavy (non-hydrogen) atoms. The Labute approximate surface area is 214 Å². The van der Waals surface area contributed by atoms with Crippen LogP contribution in [0.15, 0.2) is 64.3 Å². The number of allylic oxidation sites excluding steroid dienone is 4. The standard InChI is InChI=1S/C10H12.C9H12N2.C6H14.C2H5N.2C2H6/c1-8(2)10-6-4-9(3)5-7-10;1-5-11-8(4)9(6-10)7(2)3;1-5-6(2,3)4;1-3-2;2*1-2/h4-7H,1H2,2-3H3;5H,2H2,1,3-4H3;5H2,1-4H3;1H2,2H3;2*1-2H3/b;9-8-,11-5?;;;;. The maximum atomic E-state index is 8.65. The lowest BCUT2D eigenvalue weighted by atomic mass is 9.94. The molecule has 0 aliphatic carbocycles. The van der Waals surface area contributed by atoms with Crippen molar-refractivity contribution < 1.29 is 0 Å². The zero-order valence-corrected chi connectivity index (χ0v) is 25.1. The second-order valence-electron chi connectivity index (χ2n) is 8.12. The fourth-order valence-electron chi connectivity index (χ4n) is 1.58. The Hall–Kier alpha value is -2.73. The molecule has 0 radical (unpaired) electrons. The van der Waals surface area contributed by atoms with Crippen molar-refractivity contribution in [3.63, 3.8) is 0 Å². The highest BCUT2D eigenvalue weighted by atomic mass is 14.7. The Morgan fingerprint density at radius 2 is 1.35 bits per heavy atom. The molecule has 0 amide bonds. The molecule has 0 saturated heterocycles. The third-order valence-electron chi connectivity index (χ3n) is 3.83. The average Bonchev–Trinajstić information content (AvgIpc) is 2.78. The second kappa shape index (κ2) is 28.3. The van der Waals surface area contributed by atoms with Crippen LogP contribution in [0.5, 0.6) is 0 Å². The molecule has 0 aliphatic heterocycles. The SMILES string of the molecule is C=C(C)/C(C#N)=C(/C)N=CC.C=C(C)c1ccc(C)cc1.C=NC.CC.CC.CCC(C)(C)C. The number of nitrogens with zero attached hydrogens (tertiary/aromatic N) is 3. The molecule has 0 atom stereocenters. The smallest absolute Gasteiger partial charge is 0.101 e. The van der Waals surface area contributed by atoms with Crippen LogP contribution in [0.1, 0.15) is 101 Å². The van der Waals surface area contributed by atoms with Gasteiger partial charge in [0.2, 0.25) is 0 Å². The normalized spacial score (nSPS) is 9.68. The van der Waals surface area contributed by atoms with Gasteiger partial charge in [0.25, 0.3) is 0 Å². The summed E-state index contributed by atoms with van der Waals surface area (Å²) in [5.74, 6) is 0. The Kier molecular flexibility index (Phi) is 34.6. The predicted molar refractivity (Wildman–Crippen MR) is 161 cm³/mol. The van der Waals surface area contributed by atoms with Gasteiger partial charge in [-0.05, 0) is 57.9 Å². The van der Waals surface area contributed by atoms with Gasteiger partial charge in [-0.1, -0.05) is 110 Å². The minimum atomic E-state index is 0.542. The molecule has 0 bridgehead atoms. The summed E-state index contributed by atoms with van der Waals surface area (Å²) in [6.07, 6.45) is 2.93. The lowest BCUT2D eigenvalue weighted by Crippen LogP contribution is -2.00. The number of aryl methyl sites for hydroxylation is 1. The van der Waals surface area contributed by atoms with E-state index in [0.29, 0.717) is 11.0 Å². The van der Waals surface area contributed by atoms with E-state index in [-0.39, 0.29) is 0 Å². The first-order valence-corrected chi connectivity index (χ1v) is 12.1. The van der Waals surface area contributed by atoms with E-state index in [4.69, 9.17) is 5.26 Å². The van der Waals surface area contributed by atoms with E-state index in [2.05, 4.69) is 94.8 Å². The van der Waals surface area contributed by atoms with Crippen LogP contribution < -0.4 is 0 Å². The molecule has 0 aromatic heterocycles. The first kappa shape index (κ1) is 41.5. The largest absolute Gasteiger partial charge is 0.304 e. The van der Waals surface area contributed by atoms with Gasteiger partial charge in [-0.15, -0.1) is 0 Å². The molecule has 1 aromatic carbocycles. The average molecular weight is 470 g/mol. The maximum Gasteiger partial charge on any atom is 0.101 e. The summed E-state index contributed by atoms with van der Waals surface area (Å²) in [7, 11) is 1.64. The summed E-state index contributed by atoms with van der Waals surface area (Å²) in [5, 5.41) is 8.65. The number of rotatable bonds is 3. The first-order chi connectivity index (χ1) is 15.8. The zero-order valence-electron chi connectivity index (χ0n) is 25.1. The van der Waals surface area contributed by atoms with Gasteiger partial charge in [-0.3, -0.25) is 4.99 Å². The van der Waals surface area contributed by atoms with Gasteiger partial charge in [0.15, 0.2) is 0 Å². The summed E-state index contributed by atoms with van der Waals surface area (Å²) < 4.78 is 0. The van der Waals surface area contributed by atoms with E-state index >= 15 is 0 Å². The monoisotopic (exact) mass is 469 g/mol. The van der Waals surface area contributed by atoms with Gasteiger partial charge in [-0.2, -0.15) is 5.26 Å². The van der Waals surface area contributed by atoms with E-state index in [0.717, 1.165) is 16.8 Å². The van der Waals surface area contributed by atoms with Gasteiger partial charge < -0.3 is 4.99 Å². The van der Waals surface area contributed by atoms with Crippen LogP contribution in [0.3, 0.4) is 0 Å². The fourth-order valence-corrected chi connectivity index (χ4v) is 1.58. The highest BCUT2D eigenvalue weighted by molar-refractivity contribution is 5.61. The first-order valence-electron chi connectivity index (χ1n) is 12.1.